The summed E-state index contributed by atoms with van der Waals surface area (Å²) in [7, 11) is 0. The van der Waals surface area contributed by atoms with Crippen molar-refractivity contribution in [3.8, 4) is 0 Å². The Bertz CT molecular complexity index is 588. The van der Waals surface area contributed by atoms with E-state index < -0.39 is 16.6 Å². The number of aromatic nitrogens is 1. The highest BCUT2D eigenvalue weighted by atomic mass is 32.1. The van der Waals surface area contributed by atoms with E-state index in [1.807, 2.05) is 0 Å². The molecule has 0 unspecified atom stereocenters. The molecule has 1 aromatic heterocycles. The van der Waals surface area contributed by atoms with Crippen LogP contribution in [0.1, 0.15) is 5.56 Å². The molecule has 0 spiro atoms. The third-order valence-corrected chi connectivity index (χ3v) is 3.01. The molecule has 0 saturated carbocycles. The summed E-state index contributed by atoms with van der Waals surface area (Å²) in [6, 6.07) is 3.51. The summed E-state index contributed by atoms with van der Waals surface area (Å²) in [6.07, 6.45) is 1.14. The second kappa shape index (κ2) is 5.05. The van der Waals surface area contributed by atoms with Crippen molar-refractivity contribution in [2.75, 3.05) is 5.32 Å². The molecule has 0 aliphatic rings. The van der Waals surface area contributed by atoms with Crippen LogP contribution in [-0.2, 0) is 6.54 Å². The number of halogens is 2. The molecular weight excluding hydrogens is 264 g/mol. The van der Waals surface area contributed by atoms with Crippen LogP contribution in [0, 0.1) is 21.7 Å². The molecule has 94 valence electrons. The summed E-state index contributed by atoms with van der Waals surface area (Å²) in [5.74, 6) is -1.84. The van der Waals surface area contributed by atoms with Gasteiger partial charge in [-0.1, -0.05) is 6.07 Å². The average Bonchev–Trinajstić information content (AvgIpc) is 2.79. The van der Waals surface area contributed by atoms with E-state index in [1.165, 1.54) is 6.07 Å². The van der Waals surface area contributed by atoms with Crippen molar-refractivity contribution in [2.45, 2.75) is 6.54 Å². The third kappa shape index (κ3) is 2.77. The fourth-order valence-electron chi connectivity index (χ4n) is 1.26. The molecule has 0 saturated heterocycles. The number of hydrogen-bond acceptors (Lipinski definition) is 5. The third-order valence-electron chi connectivity index (χ3n) is 2.10. The van der Waals surface area contributed by atoms with Gasteiger partial charge >= 0.3 is 5.00 Å². The number of rotatable bonds is 4. The van der Waals surface area contributed by atoms with Gasteiger partial charge in [0.15, 0.2) is 16.8 Å². The smallest absolute Gasteiger partial charge is 0.345 e. The molecule has 0 aliphatic heterocycles. The normalized spacial score (nSPS) is 10.3. The minimum atomic E-state index is -0.931. The molecule has 0 atom stereocenters. The SMILES string of the molecule is O=[N+]([O-])c1cnc(NCc2ccc(F)c(F)c2)s1. The van der Waals surface area contributed by atoms with Crippen LogP contribution in [0.3, 0.4) is 0 Å². The lowest BCUT2D eigenvalue weighted by molar-refractivity contribution is -0.380. The minimum absolute atomic E-state index is 0.0808. The lowest BCUT2D eigenvalue weighted by atomic mass is 10.2. The van der Waals surface area contributed by atoms with E-state index in [2.05, 4.69) is 10.3 Å². The molecule has 8 heteroatoms. The van der Waals surface area contributed by atoms with Crippen LogP contribution in [0.4, 0.5) is 18.9 Å². The van der Waals surface area contributed by atoms with E-state index in [-0.39, 0.29) is 11.5 Å². The van der Waals surface area contributed by atoms with Gasteiger partial charge in [-0.25, -0.2) is 13.8 Å². The fourth-order valence-corrected chi connectivity index (χ4v) is 1.89. The molecule has 1 aromatic carbocycles. The monoisotopic (exact) mass is 271 g/mol. The lowest BCUT2D eigenvalue weighted by Gasteiger charge is -2.02. The maximum atomic E-state index is 12.9. The quantitative estimate of drug-likeness (QED) is 0.685. The molecule has 0 amide bonds. The maximum Gasteiger partial charge on any atom is 0.345 e. The summed E-state index contributed by atoms with van der Waals surface area (Å²) in [5, 5.41) is 13.5. The number of anilines is 1. The molecule has 0 fully saturated rings. The molecule has 2 rings (SSSR count). The zero-order valence-corrected chi connectivity index (χ0v) is 9.71. The van der Waals surface area contributed by atoms with Crippen LogP contribution < -0.4 is 5.32 Å². The Morgan fingerprint density at radius 3 is 2.78 bits per heavy atom. The average molecular weight is 271 g/mol. The van der Waals surface area contributed by atoms with Crippen molar-refractivity contribution in [3.05, 3.63) is 51.7 Å². The van der Waals surface area contributed by atoms with Crippen molar-refractivity contribution in [1.29, 1.82) is 0 Å². The number of benzene rings is 1. The molecular formula is C10H7F2N3O2S. The predicted molar refractivity (Wildman–Crippen MR) is 62.5 cm³/mol. The van der Waals surface area contributed by atoms with Gasteiger partial charge in [0.1, 0.15) is 6.20 Å². The number of nitro groups is 1. The van der Waals surface area contributed by atoms with Gasteiger partial charge in [-0.3, -0.25) is 10.1 Å². The van der Waals surface area contributed by atoms with Crippen LogP contribution in [0.2, 0.25) is 0 Å². The van der Waals surface area contributed by atoms with Gasteiger partial charge in [-0.2, -0.15) is 0 Å². The van der Waals surface area contributed by atoms with Gasteiger partial charge in [0.2, 0.25) is 0 Å². The number of nitrogens with zero attached hydrogens (tertiary/aromatic N) is 2. The molecule has 1 heterocycles. The highest BCUT2D eigenvalue weighted by molar-refractivity contribution is 7.18. The standard InChI is InChI=1S/C10H7F2N3O2S/c11-7-2-1-6(3-8(7)12)4-13-10-14-5-9(18-10)15(16)17/h1-3,5H,4H2,(H,13,14). The van der Waals surface area contributed by atoms with Gasteiger partial charge < -0.3 is 5.32 Å². The lowest BCUT2D eigenvalue weighted by Crippen LogP contribution is -1.99. The van der Waals surface area contributed by atoms with Crippen molar-refractivity contribution < 1.29 is 13.7 Å². The molecule has 1 N–H and O–H groups in total. The fraction of sp³-hybridized carbons (Fsp3) is 0.100. The molecule has 5 nitrogen and oxygen atoms in total. The van der Waals surface area contributed by atoms with Crippen molar-refractivity contribution >= 4 is 21.5 Å². The zero-order valence-electron chi connectivity index (χ0n) is 8.89. The highest BCUT2D eigenvalue weighted by Crippen LogP contribution is 2.25. The van der Waals surface area contributed by atoms with Crippen LogP contribution >= 0.6 is 11.3 Å². The summed E-state index contributed by atoms with van der Waals surface area (Å²) in [5.41, 5.74) is 0.520. The number of nitrogens with one attached hydrogen (secondary N) is 1. The first-order chi connectivity index (χ1) is 8.56. The Balaban J connectivity index is 2.02. The summed E-state index contributed by atoms with van der Waals surface area (Å²) in [6.45, 7) is 0.210. The van der Waals surface area contributed by atoms with Crippen molar-refractivity contribution in [3.63, 3.8) is 0 Å². The van der Waals surface area contributed by atoms with Crippen molar-refractivity contribution in [2.24, 2.45) is 0 Å². The maximum absolute atomic E-state index is 12.9. The summed E-state index contributed by atoms with van der Waals surface area (Å²) < 4.78 is 25.6. The van der Waals surface area contributed by atoms with Crippen LogP contribution in [-0.4, -0.2) is 9.91 Å². The summed E-state index contributed by atoms with van der Waals surface area (Å²) >= 11 is 0.878. The van der Waals surface area contributed by atoms with Gasteiger partial charge in [0, 0.05) is 6.54 Å². The van der Waals surface area contributed by atoms with Crippen LogP contribution in [0.15, 0.2) is 24.4 Å². The van der Waals surface area contributed by atoms with E-state index in [9.17, 15) is 18.9 Å². The molecule has 0 radical (unpaired) electrons. The zero-order chi connectivity index (χ0) is 13.1. The van der Waals surface area contributed by atoms with Gasteiger partial charge in [0.05, 0.1) is 4.92 Å². The molecule has 2 aromatic rings. The molecule has 18 heavy (non-hydrogen) atoms. The number of hydrogen-bond donors (Lipinski definition) is 1. The molecule has 0 bridgehead atoms. The first-order valence-electron chi connectivity index (χ1n) is 4.84. The Morgan fingerprint density at radius 2 is 2.17 bits per heavy atom. The largest absolute Gasteiger partial charge is 0.357 e. The Labute approximate surface area is 104 Å². The Morgan fingerprint density at radius 1 is 1.39 bits per heavy atom. The Kier molecular flexibility index (Phi) is 3.47. The van der Waals surface area contributed by atoms with E-state index in [0.717, 1.165) is 29.7 Å². The van der Waals surface area contributed by atoms with Gasteiger partial charge in [-0.15, -0.1) is 0 Å². The van der Waals surface area contributed by atoms with Crippen molar-refractivity contribution in [1.82, 2.24) is 4.98 Å². The van der Waals surface area contributed by atoms with E-state index >= 15 is 0 Å². The van der Waals surface area contributed by atoms with Crippen LogP contribution in [0.5, 0.6) is 0 Å². The predicted octanol–water partition coefficient (Wildman–Crippen LogP) is 2.94. The van der Waals surface area contributed by atoms with E-state index in [0.29, 0.717) is 10.7 Å². The van der Waals surface area contributed by atoms with Gasteiger partial charge in [0.25, 0.3) is 0 Å². The van der Waals surface area contributed by atoms with E-state index in [4.69, 9.17) is 0 Å². The first kappa shape index (κ1) is 12.4. The highest BCUT2D eigenvalue weighted by Gasteiger charge is 2.11. The number of thiazole rings is 1. The van der Waals surface area contributed by atoms with Gasteiger partial charge in [-0.05, 0) is 29.0 Å². The molecule has 0 aliphatic carbocycles. The first-order valence-corrected chi connectivity index (χ1v) is 5.66. The Hall–Kier alpha value is -2.09. The second-order valence-corrected chi connectivity index (χ2v) is 4.37. The van der Waals surface area contributed by atoms with E-state index in [1.54, 1.807) is 0 Å². The second-order valence-electron chi connectivity index (χ2n) is 3.36. The summed E-state index contributed by atoms with van der Waals surface area (Å²) in [4.78, 5) is 13.7. The van der Waals surface area contributed by atoms with Crippen LogP contribution in [0.25, 0.3) is 0 Å². The topological polar surface area (TPSA) is 68.1 Å². The minimum Gasteiger partial charge on any atom is -0.357 e.